The smallest absolute Gasteiger partial charge is 0.126 e. The first-order valence-corrected chi connectivity index (χ1v) is 8.01. The Morgan fingerprint density at radius 3 is 2.82 bits per heavy atom. The highest BCUT2D eigenvalue weighted by atomic mass is 32.2. The number of nitrogen functional groups attached to an aromatic ring is 1. The summed E-state index contributed by atoms with van der Waals surface area (Å²) in [6, 6.07) is 0. The second kappa shape index (κ2) is 5.80. The lowest BCUT2D eigenvalue weighted by Crippen LogP contribution is -2.06. The first kappa shape index (κ1) is 12.8. The Morgan fingerprint density at radius 1 is 1.47 bits per heavy atom. The van der Waals surface area contributed by atoms with Crippen LogP contribution < -0.4 is 5.73 Å². The van der Waals surface area contributed by atoms with Gasteiger partial charge in [0.2, 0.25) is 0 Å². The van der Waals surface area contributed by atoms with Gasteiger partial charge in [0.1, 0.15) is 11.6 Å². The molecule has 2 N–H and O–H groups in total. The number of nitrogens with two attached hydrogens (primary N) is 1. The first-order valence-electron chi connectivity index (χ1n) is 6.61. The molecule has 0 amide bonds. The van der Waals surface area contributed by atoms with Crippen molar-refractivity contribution in [1.82, 2.24) is 9.55 Å². The van der Waals surface area contributed by atoms with E-state index in [1.54, 1.807) is 0 Å². The van der Waals surface area contributed by atoms with Crippen LogP contribution in [0.4, 0.5) is 5.82 Å². The van der Waals surface area contributed by atoms with E-state index in [4.69, 9.17) is 10.7 Å². The quantitative estimate of drug-likeness (QED) is 0.760. The molecule has 0 bridgehead atoms. The van der Waals surface area contributed by atoms with E-state index in [0.717, 1.165) is 30.9 Å². The Labute approximate surface area is 108 Å². The van der Waals surface area contributed by atoms with E-state index >= 15 is 0 Å². The standard InChI is InChI=1S/C13H23N3S/c1-3-8-16-12(14)11(5-4-9-17-2)15-13(16)10-6-7-10/h10H,3-9,14H2,1-2H3. The van der Waals surface area contributed by atoms with Gasteiger partial charge in [-0.1, -0.05) is 6.92 Å². The van der Waals surface area contributed by atoms with Gasteiger partial charge in [0, 0.05) is 12.5 Å². The summed E-state index contributed by atoms with van der Waals surface area (Å²) in [4.78, 5) is 4.79. The summed E-state index contributed by atoms with van der Waals surface area (Å²) in [6.45, 7) is 3.22. The molecule has 0 radical (unpaired) electrons. The van der Waals surface area contributed by atoms with Crippen molar-refractivity contribution < 1.29 is 0 Å². The van der Waals surface area contributed by atoms with Gasteiger partial charge in [0.05, 0.1) is 5.69 Å². The summed E-state index contributed by atoms with van der Waals surface area (Å²) >= 11 is 1.89. The zero-order valence-corrected chi connectivity index (χ0v) is 11.7. The SMILES string of the molecule is CCCn1c(C2CC2)nc(CCCSC)c1N. The number of rotatable bonds is 7. The minimum absolute atomic E-state index is 0.693. The van der Waals surface area contributed by atoms with Gasteiger partial charge in [0.25, 0.3) is 0 Å². The van der Waals surface area contributed by atoms with Crippen LogP contribution in [0.2, 0.25) is 0 Å². The van der Waals surface area contributed by atoms with Crippen molar-refractivity contribution in [3.63, 3.8) is 0 Å². The van der Waals surface area contributed by atoms with Crippen molar-refractivity contribution in [2.24, 2.45) is 0 Å². The number of aromatic nitrogens is 2. The molecule has 0 aromatic carbocycles. The number of nitrogens with zero attached hydrogens (tertiary/aromatic N) is 2. The Hall–Kier alpha value is -0.640. The zero-order valence-electron chi connectivity index (χ0n) is 10.9. The largest absolute Gasteiger partial charge is 0.384 e. The number of hydrogen-bond donors (Lipinski definition) is 1. The van der Waals surface area contributed by atoms with Crippen molar-refractivity contribution in [2.75, 3.05) is 17.7 Å². The molecule has 1 aromatic heterocycles. The van der Waals surface area contributed by atoms with Gasteiger partial charge >= 0.3 is 0 Å². The van der Waals surface area contributed by atoms with Crippen LogP contribution in [0.5, 0.6) is 0 Å². The van der Waals surface area contributed by atoms with Gasteiger partial charge in [-0.2, -0.15) is 11.8 Å². The zero-order chi connectivity index (χ0) is 12.3. The predicted molar refractivity (Wildman–Crippen MR) is 75.6 cm³/mol. The van der Waals surface area contributed by atoms with Gasteiger partial charge in [-0.15, -0.1) is 0 Å². The maximum atomic E-state index is 6.23. The Bertz CT molecular complexity index is 369. The molecule has 0 aliphatic heterocycles. The van der Waals surface area contributed by atoms with Crippen LogP contribution in [0, 0.1) is 0 Å². The van der Waals surface area contributed by atoms with Gasteiger partial charge in [0.15, 0.2) is 0 Å². The molecule has 96 valence electrons. The molecule has 1 fully saturated rings. The fourth-order valence-electron chi connectivity index (χ4n) is 2.21. The summed E-state index contributed by atoms with van der Waals surface area (Å²) in [7, 11) is 0. The molecule has 0 spiro atoms. The highest BCUT2D eigenvalue weighted by Gasteiger charge is 2.30. The summed E-state index contributed by atoms with van der Waals surface area (Å²) in [5, 5.41) is 0. The summed E-state index contributed by atoms with van der Waals surface area (Å²) in [5.74, 6) is 4.07. The second-order valence-corrected chi connectivity index (χ2v) is 5.81. The molecule has 17 heavy (non-hydrogen) atoms. The lowest BCUT2D eigenvalue weighted by Gasteiger charge is -2.07. The van der Waals surface area contributed by atoms with Crippen LogP contribution >= 0.6 is 11.8 Å². The Balaban J connectivity index is 2.12. The number of thioether (sulfide) groups is 1. The van der Waals surface area contributed by atoms with Crippen LogP contribution in [-0.4, -0.2) is 21.6 Å². The minimum Gasteiger partial charge on any atom is -0.384 e. The van der Waals surface area contributed by atoms with E-state index in [2.05, 4.69) is 17.7 Å². The monoisotopic (exact) mass is 253 g/mol. The fraction of sp³-hybridized carbons (Fsp3) is 0.769. The molecule has 1 heterocycles. The van der Waals surface area contributed by atoms with E-state index in [1.807, 2.05) is 11.8 Å². The van der Waals surface area contributed by atoms with Crippen LogP contribution in [0.15, 0.2) is 0 Å². The number of aryl methyl sites for hydroxylation is 1. The van der Waals surface area contributed by atoms with Gasteiger partial charge in [-0.25, -0.2) is 4.98 Å². The Kier molecular flexibility index (Phi) is 4.37. The van der Waals surface area contributed by atoms with Gasteiger partial charge in [-0.3, -0.25) is 0 Å². The third-order valence-corrected chi connectivity index (χ3v) is 3.96. The topological polar surface area (TPSA) is 43.8 Å². The average Bonchev–Trinajstić information content (AvgIpc) is 3.11. The number of imidazole rings is 1. The Morgan fingerprint density at radius 2 is 2.24 bits per heavy atom. The van der Waals surface area contributed by atoms with Gasteiger partial charge in [-0.05, 0) is 44.1 Å². The van der Waals surface area contributed by atoms with Crippen molar-refractivity contribution in [2.45, 2.75) is 51.5 Å². The molecule has 0 atom stereocenters. The van der Waals surface area contributed by atoms with Crippen LogP contribution in [0.25, 0.3) is 0 Å². The summed E-state index contributed by atoms with van der Waals surface area (Å²) in [5.41, 5.74) is 7.37. The number of anilines is 1. The maximum absolute atomic E-state index is 6.23. The normalized spacial score (nSPS) is 15.4. The molecule has 1 aromatic rings. The lowest BCUT2D eigenvalue weighted by molar-refractivity contribution is 0.646. The highest BCUT2D eigenvalue weighted by molar-refractivity contribution is 7.98. The van der Waals surface area contributed by atoms with E-state index < -0.39 is 0 Å². The van der Waals surface area contributed by atoms with E-state index in [9.17, 15) is 0 Å². The van der Waals surface area contributed by atoms with Crippen molar-refractivity contribution in [3.8, 4) is 0 Å². The van der Waals surface area contributed by atoms with Crippen LogP contribution in [0.3, 0.4) is 0 Å². The molecule has 3 nitrogen and oxygen atoms in total. The molecular weight excluding hydrogens is 230 g/mol. The van der Waals surface area contributed by atoms with Crippen molar-refractivity contribution in [1.29, 1.82) is 0 Å². The van der Waals surface area contributed by atoms with E-state index in [-0.39, 0.29) is 0 Å². The van der Waals surface area contributed by atoms with Gasteiger partial charge < -0.3 is 10.3 Å². The third-order valence-electron chi connectivity index (χ3n) is 3.26. The van der Waals surface area contributed by atoms with Crippen LogP contribution in [0.1, 0.15) is 50.0 Å². The maximum Gasteiger partial charge on any atom is 0.126 e. The number of hydrogen-bond acceptors (Lipinski definition) is 3. The first-order chi connectivity index (χ1) is 8.27. The summed E-state index contributed by atoms with van der Waals surface area (Å²) < 4.78 is 2.26. The summed E-state index contributed by atoms with van der Waals surface area (Å²) in [6.07, 6.45) is 8.08. The molecule has 2 rings (SSSR count). The van der Waals surface area contributed by atoms with E-state index in [1.165, 1.54) is 30.8 Å². The fourth-order valence-corrected chi connectivity index (χ4v) is 2.65. The van der Waals surface area contributed by atoms with Crippen molar-refractivity contribution in [3.05, 3.63) is 11.5 Å². The lowest BCUT2D eigenvalue weighted by atomic mass is 10.2. The molecule has 1 aliphatic carbocycles. The molecule has 4 heteroatoms. The predicted octanol–water partition coefficient (Wildman–Crippen LogP) is 3.05. The molecule has 1 saturated carbocycles. The third kappa shape index (κ3) is 2.97. The average molecular weight is 253 g/mol. The minimum atomic E-state index is 0.693. The van der Waals surface area contributed by atoms with Crippen LogP contribution in [-0.2, 0) is 13.0 Å². The highest BCUT2D eigenvalue weighted by Crippen LogP contribution is 2.40. The molecule has 1 aliphatic rings. The van der Waals surface area contributed by atoms with Crippen molar-refractivity contribution >= 4 is 17.6 Å². The second-order valence-electron chi connectivity index (χ2n) is 4.82. The molecule has 0 unspecified atom stereocenters. The molecule has 0 saturated heterocycles. The molecular formula is C13H23N3S. The van der Waals surface area contributed by atoms with E-state index in [0.29, 0.717) is 5.92 Å².